The van der Waals surface area contributed by atoms with Crippen molar-refractivity contribution < 1.29 is 50.9 Å². The maximum atomic E-state index is 14.3. The third kappa shape index (κ3) is 12.1. The van der Waals surface area contributed by atoms with E-state index >= 15 is 0 Å². The largest absolute Gasteiger partial charge is 0.463 e. The van der Waals surface area contributed by atoms with Crippen molar-refractivity contribution in [1.82, 2.24) is 20.0 Å². The Morgan fingerprint density at radius 2 is 1.45 bits per heavy atom. The molecule has 1 aliphatic rings. The number of hydrogen-bond donors (Lipinski definition) is 0. The zero-order valence-electron chi connectivity index (χ0n) is 31.6. The molecule has 0 bridgehead atoms. The third-order valence-corrected chi connectivity index (χ3v) is 9.79. The number of hydrogen-bond acceptors (Lipinski definition) is 13. The molecule has 2 aromatic heterocycles. The highest BCUT2D eigenvalue weighted by atomic mass is 35.5. The number of benzene rings is 2. The van der Waals surface area contributed by atoms with Gasteiger partial charge in [0.25, 0.3) is 0 Å². The van der Waals surface area contributed by atoms with Crippen molar-refractivity contribution in [3.63, 3.8) is 0 Å². The van der Waals surface area contributed by atoms with Crippen LogP contribution in [0.5, 0.6) is 0 Å². The monoisotopic (exact) mass is 856 g/mol. The maximum Gasteiger partial charge on any atom is 0.303 e. The molecular formula is C38H33ClF4N6O7SSi. The van der Waals surface area contributed by atoms with Crippen molar-refractivity contribution in [2.75, 3.05) is 6.61 Å². The molecule has 0 radical (unpaired) electrons. The second kappa shape index (κ2) is 19.6. The average Bonchev–Trinajstić information content (AvgIpc) is 3.61. The van der Waals surface area contributed by atoms with Gasteiger partial charge in [0.1, 0.15) is 84.5 Å². The fourth-order valence-electron chi connectivity index (χ4n) is 5.26. The fraction of sp³-hybridized carbons (Fsp3) is 0.316. The molecule has 1 fully saturated rings. The van der Waals surface area contributed by atoms with Crippen molar-refractivity contribution >= 4 is 49.3 Å². The van der Waals surface area contributed by atoms with Crippen molar-refractivity contribution in [2.24, 2.45) is 0 Å². The fourth-order valence-corrected chi connectivity index (χ4v) is 7.16. The van der Waals surface area contributed by atoms with Gasteiger partial charge < -0.3 is 18.9 Å². The number of ether oxygens (including phenoxy) is 4. The van der Waals surface area contributed by atoms with Gasteiger partial charge in [-0.05, 0) is 30.3 Å². The molecule has 0 aliphatic carbocycles. The van der Waals surface area contributed by atoms with Crippen LogP contribution in [-0.2, 0) is 33.3 Å². The van der Waals surface area contributed by atoms with E-state index < -0.39 is 90.2 Å². The molecule has 0 spiro atoms. The lowest BCUT2D eigenvalue weighted by Crippen LogP contribution is -2.57. The first kappa shape index (κ1) is 44.9. The summed E-state index contributed by atoms with van der Waals surface area (Å²) in [7, 11) is -1.57. The summed E-state index contributed by atoms with van der Waals surface area (Å²) >= 11 is 7.17. The Balaban J connectivity index is 0.000000390. The first-order valence-electron chi connectivity index (χ1n) is 16.9. The Kier molecular flexibility index (Phi) is 15.2. The number of thioether (sulfide) groups is 1. The number of rotatable bonds is 8. The van der Waals surface area contributed by atoms with Gasteiger partial charge in [-0.25, -0.2) is 22.2 Å². The van der Waals surface area contributed by atoms with Crippen LogP contribution in [-0.4, -0.2) is 76.3 Å². The Labute approximate surface area is 340 Å². The summed E-state index contributed by atoms with van der Waals surface area (Å²) in [6, 6.07) is 7.41. The number of aromatic nitrogens is 4. The SMILES string of the molecule is CC(=O)OC[C@H]1O[C@H](Sc2cncc(Cl)c2)[C@H](OC(C)=O)[C@@H](n2cc(-c3cc(F)c(C#N)c(F)c3)nn2)[C@H]1OC(C)=O.C[Si](C)(C)C#Cc1cc(F)c(C#N)c(F)c1. The van der Waals surface area contributed by atoms with Crippen LogP contribution in [0.25, 0.3) is 11.3 Å². The molecular weight excluding hydrogens is 824 g/mol. The van der Waals surface area contributed by atoms with Crippen molar-refractivity contribution in [2.45, 2.75) is 75.1 Å². The first-order chi connectivity index (χ1) is 27.3. The smallest absolute Gasteiger partial charge is 0.303 e. The zero-order valence-corrected chi connectivity index (χ0v) is 34.1. The number of carbonyl (C=O) groups is 3. The lowest BCUT2D eigenvalue weighted by atomic mass is 9.96. The van der Waals surface area contributed by atoms with Gasteiger partial charge in [-0.3, -0.25) is 19.4 Å². The summed E-state index contributed by atoms with van der Waals surface area (Å²) in [5.41, 5.74) is 0.903. The van der Waals surface area contributed by atoms with Crippen LogP contribution in [0.4, 0.5) is 17.6 Å². The summed E-state index contributed by atoms with van der Waals surface area (Å²) < 4.78 is 78.9. The molecule has 3 heterocycles. The van der Waals surface area contributed by atoms with Crippen LogP contribution in [0.3, 0.4) is 0 Å². The lowest BCUT2D eigenvalue weighted by Gasteiger charge is -2.44. The van der Waals surface area contributed by atoms with Gasteiger partial charge in [0.15, 0.2) is 12.2 Å². The topological polar surface area (TPSA) is 179 Å². The molecule has 0 unspecified atom stereocenters. The van der Waals surface area contributed by atoms with Crippen LogP contribution >= 0.6 is 23.4 Å². The average molecular weight is 857 g/mol. The van der Waals surface area contributed by atoms with Gasteiger partial charge in [0, 0.05) is 49.2 Å². The highest BCUT2D eigenvalue weighted by molar-refractivity contribution is 7.99. The molecule has 4 aromatic rings. The van der Waals surface area contributed by atoms with Crippen LogP contribution in [0, 0.1) is 57.4 Å². The summed E-state index contributed by atoms with van der Waals surface area (Å²) in [5, 5.41) is 25.9. The molecule has 0 amide bonds. The van der Waals surface area contributed by atoms with Gasteiger partial charge in [-0.2, -0.15) is 10.5 Å². The number of carbonyl (C=O) groups excluding carboxylic acids is 3. The van der Waals surface area contributed by atoms with Gasteiger partial charge >= 0.3 is 17.9 Å². The van der Waals surface area contributed by atoms with Crippen LogP contribution in [0.15, 0.2) is 53.8 Å². The summed E-state index contributed by atoms with van der Waals surface area (Å²) in [4.78, 5) is 40.7. The minimum absolute atomic E-state index is 0.00767. The zero-order chi connectivity index (χ0) is 42.9. The number of nitriles is 2. The standard InChI is InChI=1S/C26H22ClF2N5O7S.C12H11F2NSi/c1-12(35)38-11-22-24(39-13(2)36)23(25(40-14(3)37)26(41-22)42-17-6-16(27)8-31-9-17)34-10-21(32-33-34)15-4-19(28)18(7-30)20(29)5-15;1-16(2,3)5-4-9-6-11(13)10(8-15)12(14)7-9/h4-6,8-10,22-26H,11H2,1-3H3;6-7H,1-3H3/t22-,23+,24+,25-,26-;/m1./s1. The second-order valence-electron chi connectivity index (χ2n) is 13.4. The van der Waals surface area contributed by atoms with E-state index in [4.69, 9.17) is 41.1 Å². The van der Waals surface area contributed by atoms with E-state index in [1.54, 1.807) is 6.07 Å². The molecule has 0 saturated carbocycles. The second-order valence-corrected chi connectivity index (χ2v) is 19.7. The van der Waals surface area contributed by atoms with E-state index in [9.17, 15) is 31.9 Å². The number of halogens is 5. The molecule has 302 valence electrons. The maximum absolute atomic E-state index is 14.3. The van der Waals surface area contributed by atoms with Crippen LogP contribution in [0.2, 0.25) is 24.7 Å². The molecule has 58 heavy (non-hydrogen) atoms. The van der Waals surface area contributed by atoms with E-state index in [2.05, 4.69) is 26.8 Å². The predicted molar refractivity (Wildman–Crippen MR) is 202 cm³/mol. The highest BCUT2D eigenvalue weighted by Crippen LogP contribution is 2.42. The Morgan fingerprint density at radius 3 is 1.97 bits per heavy atom. The molecule has 2 aromatic carbocycles. The first-order valence-corrected chi connectivity index (χ1v) is 21.7. The van der Waals surface area contributed by atoms with Crippen LogP contribution < -0.4 is 0 Å². The van der Waals surface area contributed by atoms with E-state index in [-0.39, 0.29) is 23.4 Å². The Hall–Kier alpha value is -5.78. The van der Waals surface area contributed by atoms with Crippen LogP contribution in [0.1, 0.15) is 43.5 Å². The number of nitrogens with zero attached hydrogens (tertiary/aromatic N) is 6. The Morgan fingerprint density at radius 1 is 0.879 bits per heavy atom. The molecule has 0 N–H and O–H groups in total. The quantitative estimate of drug-likeness (QED) is 0.0602. The molecule has 1 aliphatic heterocycles. The van der Waals surface area contributed by atoms with Gasteiger partial charge in [-0.15, -0.1) is 10.6 Å². The van der Waals surface area contributed by atoms with Gasteiger partial charge in [0.05, 0.1) is 11.2 Å². The van der Waals surface area contributed by atoms with E-state index in [0.29, 0.717) is 9.92 Å². The van der Waals surface area contributed by atoms with Crippen molar-refractivity contribution in [1.29, 1.82) is 10.5 Å². The lowest BCUT2D eigenvalue weighted by molar-refractivity contribution is -0.212. The van der Waals surface area contributed by atoms with E-state index in [1.807, 2.05) is 19.6 Å². The van der Waals surface area contributed by atoms with Gasteiger partial charge in [-0.1, -0.05) is 54.1 Å². The Bertz CT molecular complexity index is 2310. The predicted octanol–water partition coefficient (Wildman–Crippen LogP) is 6.69. The summed E-state index contributed by atoms with van der Waals surface area (Å²) in [6.07, 6.45) is 0.690. The minimum Gasteiger partial charge on any atom is -0.463 e. The molecule has 13 nitrogen and oxygen atoms in total. The van der Waals surface area contributed by atoms with Gasteiger partial charge in [0.2, 0.25) is 0 Å². The number of esters is 3. The third-order valence-electron chi connectivity index (χ3n) is 7.60. The molecule has 1 saturated heterocycles. The highest BCUT2D eigenvalue weighted by Gasteiger charge is 2.52. The summed E-state index contributed by atoms with van der Waals surface area (Å²) in [6.45, 7) is 9.26. The van der Waals surface area contributed by atoms with E-state index in [0.717, 1.165) is 43.0 Å². The molecule has 5 atom stereocenters. The normalized spacial score (nSPS) is 18.5. The minimum atomic E-state index is -1.57. The molecule has 20 heteroatoms. The van der Waals surface area contributed by atoms with E-state index in [1.165, 1.54) is 49.3 Å². The van der Waals surface area contributed by atoms with Crippen molar-refractivity contribution in [3.05, 3.63) is 93.9 Å². The number of pyridine rings is 1. The molecule has 5 rings (SSSR count). The van der Waals surface area contributed by atoms with Crippen molar-refractivity contribution in [3.8, 4) is 34.9 Å². The summed E-state index contributed by atoms with van der Waals surface area (Å²) in [5.74, 6) is -3.25.